The number of halogens is 2. The minimum absolute atomic E-state index is 0.0602. The van der Waals surface area contributed by atoms with Crippen molar-refractivity contribution in [1.29, 1.82) is 0 Å². The minimum Gasteiger partial charge on any atom is -0.733 e. The van der Waals surface area contributed by atoms with Gasteiger partial charge in [-0.25, -0.2) is 15.0 Å². The average molecular weight is 490 g/mol. The first kappa shape index (κ1) is 23.3. The van der Waals surface area contributed by atoms with Crippen molar-refractivity contribution in [3.8, 4) is 11.3 Å². The number of pyridine rings is 1. The van der Waals surface area contributed by atoms with Crippen LogP contribution in [0.2, 0.25) is 10.0 Å². The summed E-state index contributed by atoms with van der Waals surface area (Å²) in [7, 11) is 0. The summed E-state index contributed by atoms with van der Waals surface area (Å²) < 4.78 is 0. The quantitative estimate of drug-likeness (QED) is 0.276. The highest BCUT2D eigenvalue weighted by Crippen LogP contribution is 2.35. The van der Waals surface area contributed by atoms with Crippen molar-refractivity contribution in [1.82, 2.24) is 20.3 Å². The van der Waals surface area contributed by atoms with Gasteiger partial charge in [-0.2, -0.15) is 0 Å². The van der Waals surface area contributed by atoms with Crippen LogP contribution >= 0.6 is 23.2 Å². The first-order chi connectivity index (χ1) is 16.0. The van der Waals surface area contributed by atoms with E-state index < -0.39 is 0 Å². The Hall–Kier alpha value is -2.89. The summed E-state index contributed by atoms with van der Waals surface area (Å²) in [5, 5.41) is 30.2. The predicted molar refractivity (Wildman–Crippen MR) is 131 cm³/mol. The Morgan fingerprint density at radius 1 is 1.06 bits per heavy atom. The molecule has 1 saturated heterocycles. The van der Waals surface area contributed by atoms with Gasteiger partial charge < -0.3 is 31.3 Å². The van der Waals surface area contributed by atoms with E-state index >= 15 is 0 Å². The SMILES string of the molecule is [O-]N(O)c1ccc(NCCNc2ncc(N3CCNCC3)c(-c3ccc(Cl)cc3Cl)n2)nc1. The molecule has 0 atom stereocenters. The van der Waals surface area contributed by atoms with Crippen LogP contribution in [0.3, 0.4) is 0 Å². The largest absolute Gasteiger partial charge is 0.733 e. The van der Waals surface area contributed by atoms with Crippen LogP contribution in [0.5, 0.6) is 0 Å². The zero-order chi connectivity index (χ0) is 23.2. The van der Waals surface area contributed by atoms with Gasteiger partial charge in [0.1, 0.15) is 11.5 Å². The number of anilines is 4. The van der Waals surface area contributed by atoms with Gasteiger partial charge in [-0.1, -0.05) is 23.2 Å². The molecule has 0 aliphatic carbocycles. The number of benzene rings is 1. The van der Waals surface area contributed by atoms with Gasteiger partial charge in [0.15, 0.2) is 0 Å². The third kappa shape index (κ3) is 5.92. The highest BCUT2D eigenvalue weighted by atomic mass is 35.5. The van der Waals surface area contributed by atoms with Crippen LogP contribution < -0.4 is 26.1 Å². The highest BCUT2D eigenvalue weighted by Gasteiger charge is 2.19. The molecule has 3 heterocycles. The number of nitrogens with one attached hydrogen (secondary N) is 3. The Bertz CT molecular complexity index is 1080. The molecule has 0 spiro atoms. The smallest absolute Gasteiger partial charge is 0.223 e. The van der Waals surface area contributed by atoms with Gasteiger partial charge >= 0.3 is 0 Å². The molecular weight excluding hydrogens is 467 g/mol. The molecule has 10 nitrogen and oxygen atoms in total. The lowest BCUT2D eigenvalue weighted by molar-refractivity contribution is 0.296. The van der Waals surface area contributed by atoms with Crippen LogP contribution in [-0.2, 0) is 0 Å². The van der Waals surface area contributed by atoms with Crippen molar-refractivity contribution in [3.63, 3.8) is 0 Å². The molecule has 12 heteroatoms. The molecule has 4 rings (SSSR count). The van der Waals surface area contributed by atoms with Crippen molar-refractivity contribution in [2.45, 2.75) is 0 Å². The van der Waals surface area contributed by atoms with E-state index in [0.717, 1.165) is 43.1 Å². The molecule has 0 amide bonds. The molecule has 0 saturated carbocycles. The standard InChI is InChI=1S/C21H23Cl2N8O2/c22-14-1-3-16(17(23)11-14)20-18(30-9-7-24-8-10-30)13-28-21(29-20)26-6-5-25-19-4-2-15(12-27-19)31(32)33/h1-4,11-13,24,32H,5-10H2,(H,25,27)(H,26,28,29)/q-1. The Kier molecular flexibility index (Phi) is 7.63. The van der Waals surface area contributed by atoms with Crippen molar-refractivity contribution in [2.24, 2.45) is 0 Å². The van der Waals surface area contributed by atoms with E-state index in [2.05, 4.69) is 30.8 Å². The summed E-state index contributed by atoms with van der Waals surface area (Å²) in [5.74, 6) is 1.05. The van der Waals surface area contributed by atoms with Crippen molar-refractivity contribution in [2.75, 3.05) is 60.0 Å². The Morgan fingerprint density at radius 3 is 2.55 bits per heavy atom. The fourth-order valence-corrected chi connectivity index (χ4v) is 3.94. The summed E-state index contributed by atoms with van der Waals surface area (Å²) >= 11 is 12.6. The van der Waals surface area contributed by atoms with E-state index in [1.165, 1.54) is 12.3 Å². The molecule has 174 valence electrons. The highest BCUT2D eigenvalue weighted by molar-refractivity contribution is 6.36. The Morgan fingerprint density at radius 2 is 1.85 bits per heavy atom. The average Bonchev–Trinajstić information content (AvgIpc) is 2.83. The van der Waals surface area contributed by atoms with Crippen LogP contribution in [0.15, 0.2) is 42.7 Å². The van der Waals surface area contributed by atoms with Crippen LogP contribution in [0.25, 0.3) is 11.3 Å². The zero-order valence-electron chi connectivity index (χ0n) is 17.6. The molecule has 1 aliphatic rings. The van der Waals surface area contributed by atoms with Gasteiger partial charge in [0.05, 0.1) is 28.8 Å². The van der Waals surface area contributed by atoms with Crippen LogP contribution in [0, 0.1) is 5.21 Å². The number of piperazine rings is 1. The van der Waals surface area contributed by atoms with Crippen molar-refractivity contribution in [3.05, 3.63) is 58.0 Å². The maximum absolute atomic E-state index is 10.8. The third-order valence-electron chi connectivity index (χ3n) is 5.10. The lowest BCUT2D eigenvalue weighted by Gasteiger charge is -2.30. The van der Waals surface area contributed by atoms with Gasteiger partial charge in [-0.05, 0) is 30.3 Å². The zero-order valence-corrected chi connectivity index (χ0v) is 19.1. The van der Waals surface area contributed by atoms with E-state index in [1.807, 2.05) is 12.3 Å². The van der Waals surface area contributed by atoms with Crippen molar-refractivity contribution >= 4 is 46.3 Å². The second kappa shape index (κ2) is 10.8. The third-order valence-corrected chi connectivity index (χ3v) is 5.64. The monoisotopic (exact) mass is 489 g/mol. The Balaban J connectivity index is 1.47. The van der Waals surface area contributed by atoms with Gasteiger partial charge in [0.2, 0.25) is 5.95 Å². The van der Waals surface area contributed by atoms with Gasteiger partial charge in [-0.15, -0.1) is 0 Å². The van der Waals surface area contributed by atoms with Gasteiger partial charge in [0, 0.05) is 49.9 Å². The van der Waals surface area contributed by atoms with Crippen LogP contribution in [-0.4, -0.2) is 59.4 Å². The van der Waals surface area contributed by atoms with E-state index in [0.29, 0.717) is 34.9 Å². The molecule has 0 unspecified atom stereocenters. The molecule has 0 bridgehead atoms. The number of rotatable bonds is 8. The molecule has 3 aromatic rings. The molecule has 2 aromatic heterocycles. The molecule has 1 aromatic carbocycles. The number of hydrogen-bond acceptors (Lipinski definition) is 10. The molecule has 1 aliphatic heterocycles. The van der Waals surface area contributed by atoms with E-state index in [4.69, 9.17) is 33.4 Å². The van der Waals surface area contributed by atoms with E-state index in [-0.39, 0.29) is 10.9 Å². The fourth-order valence-electron chi connectivity index (χ4n) is 3.45. The lowest BCUT2D eigenvalue weighted by atomic mass is 10.1. The van der Waals surface area contributed by atoms with Crippen molar-refractivity contribution < 1.29 is 5.21 Å². The van der Waals surface area contributed by atoms with Crippen LogP contribution in [0.4, 0.5) is 23.1 Å². The summed E-state index contributed by atoms with van der Waals surface area (Å²) in [4.78, 5) is 15.6. The second-order valence-corrected chi connectivity index (χ2v) is 8.16. The molecule has 33 heavy (non-hydrogen) atoms. The number of aromatic nitrogens is 3. The molecule has 4 N–H and O–H groups in total. The normalized spacial score (nSPS) is 13.6. The first-order valence-corrected chi connectivity index (χ1v) is 11.1. The second-order valence-electron chi connectivity index (χ2n) is 7.32. The fraction of sp³-hybridized carbons (Fsp3) is 0.286. The topological polar surface area (TPSA) is 125 Å². The summed E-state index contributed by atoms with van der Waals surface area (Å²) in [6.07, 6.45) is 3.10. The molecule has 0 radical (unpaired) electrons. The molecular formula is C21H23Cl2N8O2-. The summed E-state index contributed by atoms with van der Waals surface area (Å²) in [6, 6.07) is 8.45. The lowest BCUT2D eigenvalue weighted by Crippen LogP contribution is -2.43. The predicted octanol–water partition coefficient (Wildman–Crippen LogP) is 3.47. The minimum atomic E-state index is -0.232. The first-order valence-electron chi connectivity index (χ1n) is 10.4. The maximum atomic E-state index is 10.8. The maximum Gasteiger partial charge on any atom is 0.223 e. The van der Waals surface area contributed by atoms with E-state index in [1.54, 1.807) is 18.2 Å². The number of nitrogens with zero attached hydrogens (tertiary/aromatic N) is 5. The Labute approximate surface area is 201 Å². The van der Waals surface area contributed by atoms with E-state index in [9.17, 15) is 5.21 Å². The van der Waals surface area contributed by atoms with Gasteiger partial charge in [0.25, 0.3) is 0 Å². The number of hydrogen-bond donors (Lipinski definition) is 4. The van der Waals surface area contributed by atoms with Crippen LogP contribution in [0.1, 0.15) is 0 Å². The summed E-state index contributed by atoms with van der Waals surface area (Å²) in [6.45, 7) is 4.54. The summed E-state index contributed by atoms with van der Waals surface area (Å²) in [5.41, 5.74) is 2.52. The molecule has 1 fully saturated rings. The van der Waals surface area contributed by atoms with Gasteiger partial charge in [-0.3, -0.25) is 5.21 Å².